The maximum atomic E-state index is 12.6. The van der Waals surface area contributed by atoms with Crippen molar-refractivity contribution in [3.63, 3.8) is 0 Å². The van der Waals surface area contributed by atoms with E-state index >= 15 is 0 Å². The molecule has 2 nitrogen and oxygen atoms in total. The molecule has 0 unspecified atom stereocenters. The van der Waals surface area contributed by atoms with Crippen LogP contribution in [0.25, 0.3) is 0 Å². The van der Waals surface area contributed by atoms with Crippen LogP contribution in [-0.2, 0) is 4.79 Å². The van der Waals surface area contributed by atoms with Crippen LogP contribution in [-0.4, -0.2) is 16.6 Å². The predicted octanol–water partition coefficient (Wildman–Crippen LogP) is 2.20. The third-order valence-corrected chi connectivity index (χ3v) is 3.13. The number of hydrogen-bond acceptors (Lipinski definition) is 3. The minimum absolute atomic E-state index is 0.0339. The molecule has 0 aromatic heterocycles. The van der Waals surface area contributed by atoms with Crippen LogP contribution in [0.15, 0.2) is 24.3 Å². The topological polar surface area (TPSA) is 40.9 Å². The number of ketones is 1. The van der Waals surface area contributed by atoms with Gasteiger partial charge in [-0.1, -0.05) is 12.1 Å². The molecule has 1 aliphatic heterocycles. The van der Waals surface area contributed by atoms with Gasteiger partial charge in [-0.3, -0.25) is 10.2 Å². The highest BCUT2D eigenvalue weighted by molar-refractivity contribution is 8.15. The molecule has 1 aromatic carbocycles. The van der Waals surface area contributed by atoms with Crippen molar-refractivity contribution in [3.8, 4) is 0 Å². The van der Waals surface area contributed by atoms with Gasteiger partial charge in [0.1, 0.15) is 5.82 Å². The highest BCUT2D eigenvalue weighted by atomic mass is 32.2. The Labute approximate surface area is 85.0 Å². The molecule has 1 aromatic rings. The molecular weight excluding hydrogens is 201 g/mol. The summed E-state index contributed by atoms with van der Waals surface area (Å²) in [5.74, 6) is -0.383. The van der Waals surface area contributed by atoms with E-state index in [1.807, 2.05) is 0 Å². The van der Waals surface area contributed by atoms with Crippen molar-refractivity contribution >= 4 is 22.6 Å². The Balaban J connectivity index is 2.34. The minimum Gasteiger partial charge on any atom is -0.298 e. The number of carbonyl (C=O) groups is 1. The third kappa shape index (κ3) is 1.57. The van der Waals surface area contributed by atoms with E-state index in [9.17, 15) is 9.18 Å². The maximum absolute atomic E-state index is 12.6. The van der Waals surface area contributed by atoms with Gasteiger partial charge in [-0.2, -0.15) is 0 Å². The molecule has 14 heavy (non-hydrogen) atoms. The fraction of sp³-hybridized carbons (Fsp3) is 0.200. The lowest BCUT2D eigenvalue weighted by Crippen LogP contribution is -2.11. The van der Waals surface area contributed by atoms with E-state index in [1.54, 1.807) is 12.1 Å². The van der Waals surface area contributed by atoms with E-state index in [1.165, 1.54) is 23.9 Å². The summed E-state index contributed by atoms with van der Waals surface area (Å²) < 4.78 is 12.6. The average Bonchev–Trinajstić information content (AvgIpc) is 2.49. The lowest BCUT2D eigenvalue weighted by Gasteiger charge is -2.07. The third-order valence-electron chi connectivity index (χ3n) is 2.16. The second-order valence-electron chi connectivity index (χ2n) is 3.10. The molecule has 0 bridgehead atoms. The molecule has 1 saturated heterocycles. The average molecular weight is 209 g/mol. The number of nitrogens with one attached hydrogen (secondary N) is 1. The van der Waals surface area contributed by atoms with Gasteiger partial charge >= 0.3 is 0 Å². The minimum atomic E-state index is -0.458. The molecule has 0 amide bonds. The van der Waals surface area contributed by atoms with Crippen molar-refractivity contribution in [2.45, 2.75) is 5.92 Å². The van der Waals surface area contributed by atoms with Crippen molar-refractivity contribution in [3.05, 3.63) is 35.6 Å². The summed E-state index contributed by atoms with van der Waals surface area (Å²) >= 11 is 1.25. The van der Waals surface area contributed by atoms with Crippen LogP contribution in [0.5, 0.6) is 0 Å². The van der Waals surface area contributed by atoms with Crippen LogP contribution < -0.4 is 0 Å². The van der Waals surface area contributed by atoms with Gasteiger partial charge in [0, 0.05) is 0 Å². The van der Waals surface area contributed by atoms with Crippen molar-refractivity contribution < 1.29 is 9.18 Å². The summed E-state index contributed by atoms with van der Waals surface area (Å²) in [6.07, 6.45) is 0. The van der Waals surface area contributed by atoms with Crippen LogP contribution >= 0.6 is 11.8 Å². The normalized spacial score (nSPS) is 21.6. The monoisotopic (exact) mass is 209 g/mol. The van der Waals surface area contributed by atoms with Gasteiger partial charge in [-0.25, -0.2) is 4.39 Å². The molecule has 0 radical (unpaired) electrons. The number of Topliss-reactive ketones (excluding diaryl/α,β-unsaturated/α-hetero) is 1. The van der Waals surface area contributed by atoms with Crippen LogP contribution in [0.4, 0.5) is 4.39 Å². The molecule has 72 valence electrons. The predicted molar refractivity (Wildman–Crippen MR) is 54.3 cm³/mol. The summed E-state index contributed by atoms with van der Waals surface area (Å²) in [7, 11) is 0. The molecule has 1 N–H and O–H groups in total. The van der Waals surface area contributed by atoms with Gasteiger partial charge in [-0.15, -0.1) is 11.8 Å². The molecule has 0 saturated carbocycles. The van der Waals surface area contributed by atoms with Gasteiger partial charge in [0.2, 0.25) is 0 Å². The van der Waals surface area contributed by atoms with E-state index in [4.69, 9.17) is 5.41 Å². The zero-order chi connectivity index (χ0) is 10.1. The van der Waals surface area contributed by atoms with E-state index in [0.717, 1.165) is 0 Å². The standard InChI is InChI=1S/C10H8FNOS/c11-7-3-1-6(2-4-7)9-8(13)5-14-10(9)12/h1-4,9,12H,5H2/t9-/m1/s1. The van der Waals surface area contributed by atoms with Gasteiger partial charge in [-0.05, 0) is 17.7 Å². The Morgan fingerprint density at radius 1 is 1.36 bits per heavy atom. The summed E-state index contributed by atoms with van der Waals surface area (Å²) in [6.45, 7) is 0. The first kappa shape index (κ1) is 9.40. The molecule has 4 heteroatoms. The maximum Gasteiger partial charge on any atom is 0.157 e. The van der Waals surface area contributed by atoms with Crippen molar-refractivity contribution in [1.82, 2.24) is 0 Å². The van der Waals surface area contributed by atoms with Crippen LogP contribution in [0.1, 0.15) is 11.5 Å². The Hall–Kier alpha value is -1.16. The molecule has 1 atom stereocenters. The summed E-state index contributed by atoms with van der Waals surface area (Å²) in [6, 6.07) is 5.77. The summed E-state index contributed by atoms with van der Waals surface area (Å²) in [5, 5.41) is 7.94. The Morgan fingerprint density at radius 2 is 2.00 bits per heavy atom. The zero-order valence-electron chi connectivity index (χ0n) is 7.29. The molecule has 1 heterocycles. The molecule has 2 rings (SSSR count). The van der Waals surface area contributed by atoms with Crippen molar-refractivity contribution in [2.75, 3.05) is 5.75 Å². The number of carbonyl (C=O) groups excluding carboxylic acids is 1. The van der Waals surface area contributed by atoms with Crippen molar-refractivity contribution in [1.29, 1.82) is 5.41 Å². The van der Waals surface area contributed by atoms with Gasteiger partial charge in [0.25, 0.3) is 0 Å². The van der Waals surface area contributed by atoms with Gasteiger partial charge < -0.3 is 0 Å². The number of benzene rings is 1. The lowest BCUT2D eigenvalue weighted by atomic mass is 9.97. The molecular formula is C10H8FNOS. The molecule has 1 fully saturated rings. The van der Waals surface area contributed by atoms with Gasteiger partial charge in [0.15, 0.2) is 5.78 Å². The van der Waals surface area contributed by atoms with E-state index in [0.29, 0.717) is 16.4 Å². The number of halogens is 1. The number of hydrogen-bond donors (Lipinski definition) is 1. The van der Waals surface area contributed by atoms with Crippen LogP contribution in [0, 0.1) is 11.2 Å². The number of rotatable bonds is 1. The highest BCUT2D eigenvalue weighted by Gasteiger charge is 2.31. The summed E-state index contributed by atoms with van der Waals surface area (Å²) in [4.78, 5) is 11.4. The quantitative estimate of drug-likeness (QED) is 0.770. The first-order valence-corrected chi connectivity index (χ1v) is 5.16. The fourth-order valence-electron chi connectivity index (χ4n) is 1.45. The molecule has 0 spiro atoms. The highest BCUT2D eigenvalue weighted by Crippen LogP contribution is 2.31. The molecule has 1 aliphatic rings. The smallest absolute Gasteiger partial charge is 0.157 e. The van der Waals surface area contributed by atoms with Crippen molar-refractivity contribution in [2.24, 2.45) is 0 Å². The van der Waals surface area contributed by atoms with Gasteiger partial charge in [0.05, 0.1) is 16.7 Å². The SMILES string of the molecule is N=C1SCC(=O)[C@H]1c1ccc(F)cc1. The largest absolute Gasteiger partial charge is 0.298 e. The molecule has 0 aliphatic carbocycles. The van der Waals surface area contributed by atoms with Crippen LogP contribution in [0.3, 0.4) is 0 Å². The fourth-order valence-corrected chi connectivity index (χ4v) is 2.35. The second-order valence-corrected chi connectivity index (χ2v) is 4.12. The van der Waals surface area contributed by atoms with E-state index in [-0.39, 0.29) is 11.6 Å². The first-order valence-electron chi connectivity index (χ1n) is 4.18. The zero-order valence-corrected chi connectivity index (χ0v) is 8.10. The summed E-state index contributed by atoms with van der Waals surface area (Å²) in [5.41, 5.74) is 0.714. The number of thioether (sulfide) groups is 1. The lowest BCUT2D eigenvalue weighted by molar-refractivity contribution is -0.116. The Kier molecular flexibility index (Phi) is 2.37. The van der Waals surface area contributed by atoms with E-state index < -0.39 is 5.92 Å². The van der Waals surface area contributed by atoms with Crippen LogP contribution in [0.2, 0.25) is 0 Å². The Bertz CT molecular complexity index is 372. The first-order chi connectivity index (χ1) is 6.68. The van der Waals surface area contributed by atoms with E-state index in [2.05, 4.69) is 0 Å². The second kappa shape index (κ2) is 3.53. The Morgan fingerprint density at radius 3 is 2.50 bits per heavy atom.